The predicted molar refractivity (Wildman–Crippen MR) is 99.9 cm³/mol. The fourth-order valence-corrected chi connectivity index (χ4v) is 3.87. The topological polar surface area (TPSA) is 108 Å². The van der Waals surface area contributed by atoms with E-state index in [1.165, 1.54) is 19.2 Å². The molecule has 1 saturated heterocycles. The third kappa shape index (κ3) is 5.41. The van der Waals surface area contributed by atoms with E-state index in [9.17, 15) is 18.0 Å². The van der Waals surface area contributed by atoms with Crippen molar-refractivity contribution in [3.8, 4) is 5.75 Å². The van der Waals surface area contributed by atoms with E-state index in [0.29, 0.717) is 25.4 Å². The van der Waals surface area contributed by atoms with Gasteiger partial charge >= 0.3 is 0 Å². The van der Waals surface area contributed by atoms with Crippen LogP contribution in [0.15, 0.2) is 29.2 Å². The van der Waals surface area contributed by atoms with Crippen LogP contribution in [0.3, 0.4) is 0 Å². The molecular formula is C17H26N4O5S. The molecule has 9 nitrogen and oxygen atoms in total. The van der Waals surface area contributed by atoms with Gasteiger partial charge in [-0.2, -0.15) is 0 Å². The number of carbonyl (C=O) groups excluding carboxylic acids is 2. The number of piperazine rings is 1. The Labute approximate surface area is 159 Å². The minimum atomic E-state index is -3.70. The summed E-state index contributed by atoms with van der Waals surface area (Å²) >= 11 is 0. The van der Waals surface area contributed by atoms with Crippen molar-refractivity contribution in [2.75, 3.05) is 47.4 Å². The Bertz CT molecular complexity index is 766. The van der Waals surface area contributed by atoms with Crippen molar-refractivity contribution in [1.29, 1.82) is 0 Å². The van der Waals surface area contributed by atoms with Crippen LogP contribution in [0.25, 0.3) is 0 Å². The van der Waals surface area contributed by atoms with E-state index < -0.39 is 16.1 Å². The highest BCUT2D eigenvalue weighted by Crippen LogP contribution is 2.15. The number of carbonyl (C=O) groups is 2. The molecule has 0 bridgehead atoms. The first kappa shape index (κ1) is 21.1. The fraction of sp³-hybridized carbons (Fsp3) is 0.529. The smallest absolute Gasteiger partial charge is 0.240 e. The van der Waals surface area contributed by atoms with Crippen LogP contribution in [0, 0.1) is 0 Å². The Morgan fingerprint density at radius 1 is 1.22 bits per heavy atom. The van der Waals surface area contributed by atoms with Gasteiger partial charge in [-0.1, -0.05) is 0 Å². The van der Waals surface area contributed by atoms with E-state index in [2.05, 4.69) is 10.0 Å². The van der Waals surface area contributed by atoms with Crippen LogP contribution in [-0.4, -0.2) is 83.5 Å². The quantitative estimate of drug-likeness (QED) is 0.626. The summed E-state index contributed by atoms with van der Waals surface area (Å²) in [7, 11) is 1.20. The van der Waals surface area contributed by atoms with Gasteiger partial charge in [-0.15, -0.1) is 0 Å². The maximum absolute atomic E-state index is 12.4. The van der Waals surface area contributed by atoms with E-state index in [0.717, 1.165) is 0 Å². The van der Waals surface area contributed by atoms with Gasteiger partial charge in [-0.05, 0) is 31.3 Å². The molecule has 0 saturated carbocycles. The summed E-state index contributed by atoms with van der Waals surface area (Å²) in [5.74, 6) is 0.231. The summed E-state index contributed by atoms with van der Waals surface area (Å²) in [5.41, 5.74) is 0. The second kappa shape index (κ2) is 9.16. The van der Waals surface area contributed by atoms with Crippen molar-refractivity contribution >= 4 is 21.8 Å². The lowest BCUT2D eigenvalue weighted by Gasteiger charge is -2.38. The summed E-state index contributed by atoms with van der Waals surface area (Å²) in [6, 6.07) is 5.60. The third-order valence-electron chi connectivity index (χ3n) is 4.55. The standard InChI is InChI=1S/C17H26N4O5S/c1-18-17(23)15-12-21(11-10-20(15)2)16(22)8-9-19-27(24,25)14-6-4-13(26-3)5-7-14/h4-7,15,19H,8-12H2,1-3H3,(H,18,23). The molecule has 0 radical (unpaired) electrons. The number of methoxy groups -OCH3 is 1. The minimum Gasteiger partial charge on any atom is -0.497 e. The Morgan fingerprint density at radius 2 is 1.89 bits per heavy atom. The molecule has 2 amide bonds. The van der Waals surface area contributed by atoms with Gasteiger partial charge in [-0.25, -0.2) is 13.1 Å². The normalized spacial score (nSPS) is 18.2. The number of hydrogen-bond donors (Lipinski definition) is 2. The lowest BCUT2D eigenvalue weighted by atomic mass is 10.1. The predicted octanol–water partition coefficient (Wildman–Crippen LogP) is -0.748. The Hall–Kier alpha value is -2.17. The Kier molecular flexibility index (Phi) is 7.17. The Balaban J connectivity index is 1.88. The zero-order chi connectivity index (χ0) is 20.0. The van der Waals surface area contributed by atoms with Crippen molar-refractivity contribution in [2.45, 2.75) is 17.4 Å². The molecule has 2 N–H and O–H groups in total. The molecule has 1 aromatic rings. The van der Waals surface area contributed by atoms with Crippen LogP contribution in [-0.2, 0) is 19.6 Å². The largest absolute Gasteiger partial charge is 0.497 e. The highest BCUT2D eigenvalue weighted by molar-refractivity contribution is 7.89. The maximum Gasteiger partial charge on any atom is 0.240 e. The monoisotopic (exact) mass is 398 g/mol. The van der Waals surface area contributed by atoms with Crippen molar-refractivity contribution < 1.29 is 22.7 Å². The summed E-state index contributed by atoms with van der Waals surface area (Å²) in [6.07, 6.45) is 0.0273. The van der Waals surface area contributed by atoms with Crippen LogP contribution in [0.5, 0.6) is 5.75 Å². The molecule has 0 spiro atoms. The second-order valence-electron chi connectivity index (χ2n) is 6.27. The van der Waals surface area contributed by atoms with Gasteiger partial charge in [0.05, 0.1) is 12.0 Å². The van der Waals surface area contributed by atoms with Crippen LogP contribution < -0.4 is 14.8 Å². The Morgan fingerprint density at radius 3 is 2.48 bits per heavy atom. The molecule has 27 heavy (non-hydrogen) atoms. The molecule has 1 atom stereocenters. The maximum atomic E-state index is 12.4. The average molecular weight is 398 g/mol. The summed E-state index contributed by atoms with van der Waals surface area (Å²) in [4.78, 5) is 27.9. The van der Waals surface area contributed by atoms with Gasteiger partial charge in [-0.3, -0.25) is 14.5 Å². The number of hydrogen-bond acceptors (Lipinski definition) is 6. The highest BCUT2D eigenvalue weighted by atomic mass is 32.2. The number of ether oxygens (including phenoxy) is 1. The van der Waals surface area contributed by atoms with Gasteiger partial charge in [0.25, 0.3) is 0 Å². The summed E-state index contributed by atoms with van der Waals surface area (Å²) in [5, 5.41) is 2.59. The molecule has 1 aliphatic rings. The van der Waals surface area contributed by atoms with E-state index in [-0.39, 0.29) is 29.7 Å². The average Bonchev–Trinajstić information content (AvgIpc) is 2.67. The van der Waals surface area contributed by atoms with Gasteiger partial charge in [0, 0.05) is 39.6 Å². The highest BCUT2D eigenvalue weighted by Gasteiger charge is 2.31. The van der Waals surface area contributed by atoms with E-state index >= 15 is 0 Å². The molecule has 1 heterocycles. The minimum absolute atomic E-state index is 0.00975. The van der Waals surface area contributed by atoms with Gasteiger partial charge < -0.3 is 15.0 Å². The fourth-order valence-electron chi connectivity index (χ4n) is 2.84. The lowest BCUT2D eigenvalue weighted by Crippen LogP contribution is -2.58. The molecule has 1 aliphatic heterocycles. The first-order chi connectivity index (χ1) is 12.8. The van der Waals surface area contributed by atoms with E-state index in [1.807, 2.05) is 11.9 Å². The number of benzene rings is 1. The van der Waals surface area contributed by atoms with Gasteiger partial charge in [0.1, 0.15) is 11.8 Å². The van der Waals surface area contributed by atoms with Crippen LogP contribution in [0.4, 0.5) is 0 Å². The van der Waals surface area contributed by atoms with Gasteiger partial charge in [0.2, 0.25) is 21.8 Å². The third-order valence-corrected chi connectivity index (χ3v) is 6.03. The molecule has 2 rings (SSSR count). The van der Waals surface area contributed by atoms with Crippen LogP contribution in [0.1, 0.15) is 6.42 Å². The van der Waals surface area contributed by atoms with Crippen molar-refractivity contribution in [2.24, 2.45) is 0 Å². The number of rotatable bonds is 7. The molecule has 10 heteroatoms. The zero-order valence-electron chi connectivity index (χ0n) is 15.8. The molecular weight excluding hydrogens is 372 g/mol. The van der Waals surface area contributed by atoms with Crippen molar-refractivity contribution in [3.63, 3.8) is 0 Å². The molecule has 0 aromatic heterocycles. The van der Waals surface area contributed by atoms with Crippen LogP contribution >= 0.6 is 0 Å². The number of nitrogens with one attached hydrogen (secondary N) is 2. The molecule has 1 unspecified atom stereocenters. The van der Waals surface area contributed by atoms with E-state index in [4.69, 9.17) is 4.74 Å². The molecule has 0 aliphatic carbocycles. The van der Waals surface area contributed by atoms with Crippen molar-refractivity contribution in [1.82, 2.24) is 19.8 Å². The zero-order valence-corrected chi connectivity index (χ0v) is 16.6. The number of amides is 2. The summed E-state index contributed by atoms with van der Waals surface area (Å²) in [6.45, 7) is 1.37. The summed E-state index contributed by atoms with van der Waals surface area (Å²) < 4.78 is 32.0. The van der Waals surface area contributed by atoms with E-state index in [1.54, 1.807) is 24.1 Å². The van der Waals surface area contributed by atoms with Gasteiger partial charge in [0.15, 0.2) is 0 Å². The first-order valence-electron chi connectivity index (χ1n) is 8.62. The first-order valence-corrected chi connectivity index (χ1v) is 10.1. The second-order valence-corrected chi connectivity index (χ2v) is 8.04. The van der Waals surface area contributed by atoms with Crippen LogP contribution in [0.2, 0.25) is 0 Å². The molecule has 1 aromatic carbocycles. The van der Waals surface area contributed by atoms with Crippen molar-refractivity contribution in [3.05, 3.63) is 24.3 Å². The lowest BCUT2D eigenvalue weighted by molar-refractivity contribution is -0.137. The molecule has 150 valence electrons. The number of nitrogens with zero attached hydrogens (tertiary/aromatic N) is 2. The number of likely N-dealkylation sites (N-methyl/N-ethyl adjacent to an activating group) is 2. The SMILES string of the molecule is CNC(=O)C1CN(C(=O)CCNS(=O)(=O)c2ccc(OC)cc2)CCN1C. The number of sulfonamides is 1. The molecule has 1 fully saturated rings.